The van der Waals surface area contributed by atoms with Gasteiger partial charge in [-0.05, 0) is 36.1 Å². The van der Waals surface area contributed by atoms with Crippen molar-refractivity contribution in [2.45, 2.75) is 0 Å². The van der Waals surface area contributed by atoms with E-state index in [9.17, 15) is 4.79 Å². The third-order valence-corrected chi connectivity index (χ3v) is 6.74. The maximum atomic E-state index is 12.6. The van der Waals surface area contributed by atoms with Crippen molar-refractivity contribution in [3.8, 4) is 5.75 Å². The van der Waals surface area contributed by atoms with E-state index in [1.54, 1.807) is 19.2 Å². The Kier molecular flexibility index (Phi) is 3.34. The van der Waals surface area contributed by atoms with Crippen molar-refractivity contribution in [2.24, 2.45) is 0 Å². The molecule has 1 atom stereocenters. The zero-order valence-corrected chi connectivity index (χ0v) is 12.5. The van der Waals surface area contributed by atoms with Crippen LogP contribution in [0.3, 0.4) is 0 Å². The lowest BCUT2D eigenvalue weighted by Gasteiger charge is -2.38. The van der Waals surface area contributed by atoms with Gasteiger partial charge in [0.1, 0.15) is 5.75 Å². The van der Waals surface area contributed by atoms with Crippen molar-refractivity contribution in [2.75, 3.05) is 7.05 Å². The molecule has 4 nitrogen and oxygen atoms in total. The van der Waals surface area contributed by atoms with Crippen molar-refractivity contribution < 1.29 is 9.32 Å². The van der Waals surface area contributed by atoms with Crippen LogP contribution in [0.5, 0.6) is 5.75 Å². The fourth-order valence-corrected chi connectivity index (χ4v) is 5.22. The number of carbonyl (C=O) groups excluding carboxylic acids is 1. The molecule has 2 aromatic rings. The largest absolute Gasteiger partial charge is 0.443 e. The fourth-order valence-electron chi connectivity index (χ4n) is 2.15. The molecule has 0 fully saturated rings. The van der Waals surface area contributed by atoms with Crippen LogP contribution in [0.25, 0.3) is 0 Å². The number of benzene rings is 2. The summed E-state index contributed by atoms with van der Waals surface area (Å²) in [7, 11) is 1.68. The van der Waals surface area contributed by atoms with E-state index in [0.717, 1.165) is 5.30 Å². The molecule has 0 saturated heterocycles. The first kappa shape index (κ1) is 13.3. The number of carbonyl (C=O) groups is 1. The Balaban J connectivity index is 2.18. The summed E-state index contributed by atoms with van der Waals surface area (Å²) in [6.45, 7) is 0. The average molecular weight is 304 g/mol. The molecule has 3 rings (SSSR count). The van der Waals surface area contributed by atoms with E-state index < -0.39 is 6.42 Å². The monoisotopic (exact) mass is 304 g/mol. The van der Waals surface area contributed by atoms with Crippen molar-refractivity contribution >= 4 is 29.4 Å². The summed E-state index contributed by atoms with van der Waals surface area (Å²) in [5, 5.41) is 0.840. The molecule has 1 amide bonds. The smallest absolute Gasteiger partial charge is 0.278 e. The van der Waals surface area contributed by atoms with Crippen molar-refractivity contribution in [3.63, 3.8) is 0 Å². The Morgan fingerprint density at radius 1 is 1.10 bits per heavy atom. The van der Waals surface area contributed by atoms with Crippen molar-refractivity contribution in [1.29, 1.82) is 0 Å². The Labute approximate surface area is 122 Å². The van der Waals surface area contributed by atoms with Crippen LogP contribution in [-0.4, -0.2) is 17.7 Å². The Morgan fingerprint density at radius 3 is 2.45 bits per heavy atom. The van der Waals surface area contributed by atoms with E-state index in [-0.39, 0.29) is 5.91 Å². The number of rotatable bonds is 2. The molecule has 0 radical (unpaired) electrons. The number of nitrogens with zero attached hydrogens (tertiary/aromatic N) is 1. The highest BCUT2D eigenvalue weighted by atomic mass is 32.4. The Hall–Kier alpha value is -1.68. The molecule has 20 heavy (non-hydrogen) atoms. The lowest BCUT2D eigenvalue weighted by atomic mass is 10.2. The van der Waals surface area contributed by atoms with Gasteiger partial charge in [-0.3, -0.25) is 4.79 Å². The molecule has 1 unspecified atom stereocenters. The van der Waals surface area contributed by atoms with Gasteiger partial charge in [-0.25, -0.2) is 10.2 Å². The number of nitrogens with one attached hydrogen (secondary N) is 1. The van der Waals surface area contributed by atoms with Gasteiger partial charge in [-0.15, -0.1) is 0 Å². The molecule has 6 heteroatoms. The number of fused-ring (bicyclic) bond motifs is 1. The summed E-state index contributed by atoms with van der Waals surface area (Å²) in [5.41, 5.74) is 3.41. The number of hydrogen-bond donors (Lipinski definition) is 1. The predicted molar refractivity (Wildman–Crippen MR) is 82.7 cm³/mol. The fraction of sp³-hybridized carbons (Fsp3) is 0.0714. The van der Waals surface area contributed by atoms with Crippen LogP contribution < -0.4 is 15.3 Å². The van der Waals surface area contributed by atoms with Crippen LogP contribution in [-0.2, 0) is 11.8 Å². The van der Waals surface area contributed by atoms with E-state index in [2.05, 4.69) is 5.43 Å². The average Bonchev–Trinajstić information content (AvgIpc) is 2.48. The second kappa shape index (κ2) is 5.02. The highest BCUT2D eigenvalue weighted by Crippen LogP contribution is 2.53. The van der Waals surface area contributed by atoms with E-state index in [1.165, 1.54) is 4.78 Å². The highest BCUT2D eigenvalue weighted by Gasteiger charge is 2.40. The minimum atomic E-state index is -2.66. The number of amides is 1. The minimum Gasteiger partial charge on any atom is -0.443 e. The molecule has 102 valence electrons. The second-order valence-corrected chi connectivity index (χ2v) is 7.91. The number of hydrazine groups is 1. The first-order chi connectivity index (χ1) is 9.66. The quantitative estimate of drug-likeness (QED) is 0.864. The molecule has 1 N–H and O–H groups in total. The van der Waals surface area contributed by atoms with Gasteiger partial charge >= 0.3 is 0 Å². The second-order valence-electron chi connectivity index (χ2n) is 4.28. The van der Waals surface area contributed by atoms with E-state index in [1.807, 2.05) is 42.5 Å². The van der Waals surface area contributed by atoms with Crippen LogP contribution >= 0.6 is 6.42 Å². The molecule has 0 aliphatic carbocycles. The third kappa shape index (κ3) is 1.95. The summed E-state index contributed by atoms with van der Waals surface area (Å²) in [6.07, 6.45) is -2.66. The van der Waals surface area contributed by atoms with E-state index >= 15 is 0 Å². The van der Waals surface area contributed by atoms with Gasteiger partial charge in [-0.2, -0.15) is 0 Å². The van der Waals surface area contributed by atoms with Crippen LogP contribution in [0.1, 0.15) is 10.4 Å². The highest BCUT2D eigenvalue weighted by molar-refractivity contribution is 8.15. The molecule has 0 aromatic heterocycles. The Morgan fingerprint density at radius 2 is 1.75 bits per heavy atom. The molecule has 1 heterocycles. The SMILES string of the molecule is CNN1C(=O)c2ccccc2OP1(=S)c1ccccc1. The van der Waals surface area contributed by atoms with Crippen LogP contribution in [0.2, 0.25) is 0 Å². The maximum Gasteiger partial charge on any atom is 0.278 e. The summed E-state index contributed by atoms with van der Waals surface area (Å²) >= 11 is 5.73. The van der Waals surface area contributed by atoms with Gasteiger partial charge in [0, 0.05) is 12.4 Å². The van der Waals surface area contributed by atoms with Crippen LogP contribution in [0.4, 0.5) is 0 Å². The van der Waals surface area contributed by atoms with Gasteiger partial charge in [0.2, 0.25) is 0 Å². The zero-order chi connectivity index (χ0) is 14.2. The molecule has 0 saturated carbocycles. The summed E-state index contributed by atoms with van der Waals surface area (Å²) < 4.78 is 7.49. The lowest BCUT2D eigenvalue weighted by Crippen LogP contribution is -2.44. The van der Waals surface area contributed by atoms with Gasteiger partial charge in [-0.1, -0.05) is 30.3 Å². The van der Waals surface area contributed by atoms with E-state index in [0.29, 0.717) is 11.3 Å². The molecule has 1 aliphatic rings. The van der Waals surface area contributed by atoms with Gasteiger partial charge in [0.05, 0.1) is 5.56 Å². The molecule has 0 bridgehead atoms. The third-order valence-electron chi connectivity index (χ3n) is 3.09. The Bertz CT molecular complexity index is 705. The van der Waals surface area contributed by atoms with Crippen molar-refractivity contribution in [3.05, 3.63) is 60.2 Å². The topological polar surface area (TPSA) is 41.6 Å². The molecule has 1 aliphatic heterocycles. The molecular formula is C14H13N2O2PS. The summed E-state index contributed by atoms with van der Waals surface area (Å²) in [5.74, 6) is 0.401. The van der Waals surface area contributed by atoms with Gasteiger partial charge in [0.15, 0.2) is 0 Å². The number of hydrogen-bond acceptors (Lipinski definition) is 4. The first-order valence-corrected chi connectivity index (χ1v) is 8.81. The standard InChI is InChI=1S/C14H13N2O2PS/c1-15-16-14(17)12-9-5-6-10-13(12)18-19(16,20)11-7-3-2-4-8-11/h2-10,15H,1H3. The van der Waals surface area contributed by atoms with E-state index in [4.69, 9.17) is 16.3 Å². The molecule has 2 aromatic carbocycles. The summed E-state index contributed by atoms with van der Waals surface area (Å²) in [4.78, 5) is 12.6. The maximum absolute atomic E-state index is 12.6. The number of para-hydroxylation sites is 1. The normalized spacial score (nSPS) is 21.2. The molecular weight excluding hydrogens is 291 g/mol. The van der Waals surface area contributed by atoms with Gasteiger partial charge in [0.25, 0.3) is 12.3 Å². The van der Waals surface area contributed by atoms with Gasteiger partial charge < -0.3 is 4.52 Å². The minimum absolute atomic E-state index is 0.151. The summed E-state index contributed by atoms with van der Waals surface area (Å²) in [6, 6.07) is 16.7. The van der Waals surface area contributed by atoms with Crippen molar-refractivity contribution in [1.82, 2.24) is 10.2 Å². The predicted octanol–water partition coefficient (Wildman–Crippen LogP) is 2.29. The zero-order valence-electron chi connectivity index (χ0n) is 10.8. The van der Waals surface area contributed by atoms with Crippen LogP contribution in [0.15, 0.2) is 54.6 Å². The first-order valence-electron chi connectivity index (χ1n) is 6.13. The van der Waals surface area contributed by atoms with Crippen LogP contribution in [0, 0.1) is 0 Å². The lowest BCUT2D eigenvalue weighted by molar-refractivity contribution is 0.0805. The molecule has 0 spiro atoms.